The first kappa shape index (κ1) is 27.4. The molecule has 4 aromatic carbocycles. The Morgan fingerprint density at radius 1 is 0.786 bits per heavy atom. The molecule has 7 nitrogen and oxygen atoms in total. The van der Waals surface area contributed by atoms with Crippen molar-refractivity contribution in [2.45, 2.75) is 13.1 Å². The van der Waals surface area contributed by atoms with E-state index in [1.54, 1.807) is 18.2 Å². The van der Waals surface area contributed by atoms with Gasteiger partial charge >= 0.3 is 0 Å². The summed E-state index contributed by atoms with van der Waals surface area (Å²) in [6, 6.07) is 33.4. The summed E-state index contributed by atoms with van der Waals surface area (Å²) >= 11 is 0. The number of piperazine rings is 1. The van der Waals surface area contributed by atoms with Crippen molar-refractivity contribution in [3.8, 4) is 0 Å². The minimum Gasteiger partial charge on any atom is -0.354 e. The number of carbonyl (C=O) groups excluding carboxylic acids is 2. The molecule has 6 rings (SSSR count). The molecule has 3 N–H and O–H groups in total. The van der Waals surface area contributed by atoms with Gasteiger partial charge in [0.25, 0.3) is 11.8 Å². The Morgan fingerprint density at radius 2 is 1.50 bits per heavy atom. The maximum absolute atomic E-state index is 13.5. The van der Waals surface area contributed by atoms with Crippen LogP contribution in [0.1, 0.15) is 32.6 Å². The summed E-state index contributed by atoms with van der Waals surface area (Å²) < 4.78 is 0. The minimum absolute atomic E-state index is 0.189. The molecular formula is C35H35N5O2. The van der Waals surface area contributed by atoms with Crippen molar-refractivity contribution in [2.24, 2.45) is 0 Å². The number of hydrogen-bond acceptors (Lipinski definition) is 5. The molecule has 0 aromatic heterocycles. The van der Waals surface area contributed by atoms with Gasteiger partial charge in [-0.1, -0.05) is 72.8 Å². The van der Waals surface area contributed by atoms with E-state index in [9.17, 15) is 9.59 Å². The maximum Gasteiger partial charge on any atom is 0.258 e. The van der Waals surface area contributed by atoms with Gasteiger partial charge in [0.15, 0.2) is 0 Å². The van der Waals surface area contributed by atoms with Gasteiger partial charge in [-0.25, -0.2) is 0 Å². The average molecular weight is 558 g/mol. The van der Waals surface area contributed by atoms with E-state index in [1.807, 2.05) is 66.7 Å². The molecule has 0 atom stereocenters. The highest BCUT2D eigenvalue weighted by Gasteiger charge is 2.29. The zero-order valence-electron chi connectivity index (χ0n) is 23.8. The molecule has 2 amide bonds. The minimum atomic E-state index is -0.202. The molecule has 0 spiro atoms. The Balaban J connectivity index is 1.31. The second-order valence-electron chi connectivity index (χ2n) is 10.9. The van der Waals surface area contributed by atoms with Crippen molar-refractivity contribution in [2.75, 3.05) is 43.9 Å². The van der Waals surface area contributed by atoms with Crippen molar-refractivity contribution in [1.29, 1.82) is 0 Å². The number of likely N-dealkylation sites (N-methyl/N-ethyl adjacent to an activating group) is 1. The van der Waals surface area contributed by atoms with Gasteiger partial charge < -0.3 is 20.9 Å². The summed E-state index contributed by atoms with van der Waals surface area (Å²) in [5.74, 6) is -0.391. The fourth-order valence-electron chi connectivity index (χ4n) is 5.48. The smallest absolute Gasteiger partial charge is 0.258 e. The van der Waals surface area contributed by atoms with Gasteiger partial charge in [0.05, 0.1) is 11.3 Å². The molecule has 2 heterocycles. The van der Waals surface area contributed by atoms with Crippen LogP contribution in [0.4, 0.5) is 11.4 Å². The van der Waals surface area contributed by atoms with Gasteiger partial charge in [0.2, 0.25) is 0 Å². The number of hydrogen-bond donors (Lipinski definition) is 3. The average Bonchev–Trinajstić information content (AvgIpc) is 3.35. The highest BCUT2D eigenvalue weighted by atomic mass is 16.2. The number of anilines is 2. The van der Waals surface area contributed by atoms with Crippen LogP contribution < -0.4 is 16.0 Å². The zero-order valence-corrected chi connectivity index (χ0v) is 23.8. The lowest BCUT2D eigenvalue weighted by molar-refractivity contribution is -0.110. The van der Waals surface area contributed by atoms with Crippen LogP contribution in [-0.2, 0) is 17.9 Å². The lowest BCUT2D eigenvalue weighted by atomic mass is 9.98. The number of rotatable bonds is 8. The highest BCUT2D eigenvalue weighted by Crippen LogP contribution is 2.38. The fourth-order valence-corrected chi connectivity index (χ4v) is 5.48. The van der Waals surface area contributed by atoms with Crippen molar-refractivity contribution in [3.05, 3.63) is 131 Å². The predicted molar refractivity (Wildman–Crippen MR) is 169 cm³/mol. The van der Waals surface area contributed by atoms with Crippen LogP contribution in [0, 0.1) is 0 Å². The number of amides is 2. The number of carbonyl (C=O) groups is 2. The molecule has 1 fully saturated rings. The normalized spacial score (nSPS) is 16.5. The van der Waals surface area contributed by atoms with Gasteiger partial charge in [0.1, 0.15) is 0 Å². The van der Waals surface area contributed by atoms with Crippen molar-refractivity contribution in [1.82, 2.24) is 15.1 Å². The summed E-state index contributed by atoms with van der Waals surface area (Å²) in [5, 5.41) is 9.57. The molecule has 4 aromatic rings. The fraction of sp³-hybridized carbons (Fsp3) is 0.200. The molecule has 1 saturated heterocycles. The molecule has 2 aliphatic heterocycles. The third-order valence-electron chi connectivity index (χ3n) is 7.83. The molecule has 0 unspecified atom stereocenters. The molecule has 0 aliphatic carbocycles. The first-order valence-electron chi connectivity index (χ1n) is 14.4. The monoisotopic (exact) mass is 557 g/mol. The molecule has 42 heavy (non-hydrogen) atoms. The van der Waals surface area contributed by atoms with E-state index in [-0.39, 0.29) is 11.8 Å². The van der Waals surface area contributed by atoms with Gasteiger partial charge in [-0.3, -0.25) is 14.5 Å². The van der Waals surface area contributed by atoms with Gasteiger partial charge in [-0.2, -0.15) is 0 Å². The Morgan fingerprint density at radius 3 is 2.26 bits per heavy atom. The summed E-state index contributed by atoms with van der Waals surface area (Å²) in [6.07, 6.45) is 0. The summed E-state index contributed by atoms with van der Waals surface area (Å²) in [4.78, 5) is 31.4. The Labute approximate surface area is 246 Å². The van der Waals surface area contributed by atoms with Crippen LogP contribution in [-0.4, -0.2) is 54.8 Å². The highest BCUT2D eigenvalue weighted by molar-refractivity contribution is 6.37. The number of benzene rings is 4. The van der Waals surface area contributed by atoms with Gasteiger partial charge in [0, 0.05) is 61.8 Å². The topological polar surface area (TPSA) is 76.7 Å². The first-order valence-corrected chi connectivity index (χ1v) is 14.4. The predicted octanol–water partition coefficient (Wildman–Crippen LogP) is 5.30. The Kier molecular flexibility index (Phi) is 8.12. The molecule has 0 saturated carbocycles. The zero-order chi connectivity index (χ0) is 28.9. The second kappa shape index (κ2) is 12.4. The third-order valence-corrected chi connectivity index (χ3v) is 7.83. The Bertz CT molecular complexity index is 1610. The summed E-state index contributed by atoms with van der Waals surface area (Å²) in [6.45, 7) is 5.55. The molecule has 0 radical (unpaired) electrons. The first-order chi connectivity index (χ1) is 20.5. The number of nitrogens with zero attached hydrogens (tertiary/aromatic N) is 2. The van der Waals surface area contributed by atoms with E-state index in [4.69, 9.17) is 0 Å². The Hall–Kier alpha value is -4.72. The third kappa shape index (κ3) is 6.28. The largest absolute Gasteiger partial charge is 0.354 e. The second-order valence-corrected chi connectivity index (χ2v) is 10.9. The standard InChI is InChI=1S/C35H35N5O2/c1-39-17-19-40(20-18-39)24-26-11-8-14-29(21-26)37-33(27-12-6-3-7-13-27)32-30-22-28(15-16-31(30)38-35(32)42)34(41)36-23-25-9-4-2-5-10-25/h2-16,21-22,37H,17-20,23-24H2,1H3,(H,36,41)(H,38,42). The van der Waals surface area contributed by atoms with E-state index in [1.165, 1.54) is 5.56 Å². The van der Waals surface area contributed by atoms with Crippen LogP contribution in [0.15, 0.2) is 103 Å². The van der Waals surface area contributed by atoms with E-state index in [0.717, 1.165) is 49.5 Å². The van der Waals surface area contributed by atoms with E-state index >= 15 is 0 Å². The number of nitrogens with one attached hydrogen (secondary N) is 3. The molecule has 212 valence electrons. The lowest BCUT2D eigenvalue weighted by Gasteiger charge is -2.32. The van der Waals surface area contributed by atoms with Crippen LogP contribution in [0.5, 0.6) is 0 Å². The number of fused-ring (bicyclic) bond motifs is 1. The van der Waals surface area contributed by atoms with Crippen molar-refractivity contribution >= 4 is 34.5 Å². The SMILES string of the molecule is CN1CCN(Cc2cccc(NC(=C3C(=O)Nc4ccc(C(=O)NCc5ccccc5)cc43)c3ccccc3)c2)CC1. The molecule has 2 aliphatic rings. The van der Waals surface area contributed by atoms with E-state index in [0.29, 0.717) is 34.6 Å². The lowest BCUT2D eigenvalue weighted by Crippen LogP contribution is -2.43. The van der Waals surface area contributed by atoms with E-state index < -0.39 is 0 Å². The quantitative estimate of drug-likeness (QED) is 0.257. The van der Waals surface area contributed by atoms with Gasteiger partial charge in [-0.05, 0) is 54.1 Å². The molecule has 7 heteroatoms. The van der Waals surface area contributed by atoms with E-state index in [2.05, 4.69) is 51.0 Å². The van der Waals surface area contributed by atoms with Crippen LogP contribution in [0.2, 0.25) is 0 Å². The van der Waals surface area contributed by atoms with Crippen LogP contribution in [0.3, 0.4) is 0 Å². The summed E-state index contributed by atoms with van der Waals surface area (Å²) in [7, 11) is 2.16. The molecular weight excluding hydrogens is 522 g/mol. The molecule has 0 bridgehead atoms. The maximum atomic E-state index is 13.5. The van der Waals surface area contributed by atoms with Crippen molar-refractivity contribution < 1.29 is 9.59 Å². The van der Waals surface area contributed by atoms with Gasteiger partial charge in [-0.15, -0.1) is 0 Å². The summed E-state index contributed by atoms with van der Waals surface area (Å²) in [5.41, 5.74) is 7.14. The van der Waals surface area contributed by atoms with Crippen molar-refractivity contribution in [3.63, 3.8) is 0 Å². The van der Waals surface area contributed by atoms with Crippen LogP contribution in [0.25, 0.3) is 11.3 Å². The van der Waals surface area contributed by atoms with Crippen LogP contribution >= 0.6 is 0 Å².